The van der Waals surface area contributed by atoms with Crippen molar-refractivity contribution >= 4 is 0 Å². The highest BCUT2D eigenvalue weighted by atomic mass is 16.3. The summed E-state index contributed by atoms with van der Waals surface area (Å²) in [5.41, 5.74) is 4.44. The van der Waals surface area contributed by atoms with Gasteiger partial charge >= 0.3 is 0 Å². The molecule has 0 aliphatic rings. The molecular formula is C22H30O2. The lowest BCUT2D eigenvalue weighted by molar-refractivity contribution is 0.0261. The highest BCUT2D eigenvalue weighted by Gasteiger charge is 2.29. The van der Waals surface area contributed by atoms with Gasteiger partial charge in [0.25, 0.3) is 0 Å². The van der Waals surface area contributed by atoms with Crippen LogP contribution in [0.15, 0.2) is 36.4 Å². The minimum atomic E-state index is -0.963. The second-order valence-corrected chi connectivity index (χ2v) is 6.53. The Morgan fingerprint density at radius 1 is 0.875 bits per heavy atom. The van der Waals surface area contributed by atoms with E-state index >= 15 is 0 Å². The lowest BCUT2D eigenvalue weighted by Crippen LogP contribution is -2.24. The Kier molecular flexibility index (Phi) is 6.06. The molecule has 0 fully saturated rings. The molecule has 0 atom stereocenters. The first kappa shape index (κ1) is 18.5. The average Bonchev–Trinajstić information content (AvgIpc) is 2.61. The number of aryl methyl sites for hydroxylation is 2. The molecule has 2 rings (SSSR count). The monoisotopic (exact) mass is 326 g/mol. The molecule has 2 nitrogen and oxygen atoms in total. The largest absolute Gasteiger partial charge is 0.508 e. The molecule has 2 N–H and O–H groups in total. The maximum Gasteiger partial charge on any atom is 0.122 e. The summed E-state index contributed by atoms with van der Waals surface area (Å²) in [6, 6.07) is 12.3. The maximum atomic E-state index is 10.8. The topological polar surface area (TPSA) is 40.5 Å². The van der Waals surface area contributed by atoms with Crippen LogP contribution in [0.4, 0.5) is 0 Å². The van der Waals surface area contributed by atoms with Gasteiger partial charge in [0.15, 0.2) is 0 Å². The van der Waals surface area contributed by atoms with Crippen molar-refractivity contribution in [3.8, 4) is 16.9 Å². The van der Waals surface area contributed by atoms with Gasteiger partial charge in [-0.15, -0.1) is 0 Å². The Hall–Kier alpha value is -1.80. The summed E-state index contributed by atoms with van der Waals surface area (Å²) in [5, 5.41) is 21.5. The van der Waals surface area contributed by atoms with Crippen LogP contribution in [0.1, 0.15) is 63.6 Å². The molecular weight excluding hydrogens is 296 g/mol. The predicted octanol–water partition coefficient (Wildman–Crippen LogP) is 5.58. The molecule has 0 saturated carbocycles. The standard InChI is InChI=1S/C22H30O2/c1-5-11-17-12-9-10-13-18(17)19-15-21(23)20(14-16(19)6-2)22(24,7-3)8-4/h9-10,12-15,23-24H,5-8,11H2,1-4H3. The Balaban J connectivity index is 2.64. The number of hydrogen-bond acceptors (Lipinski definition) is 2. The summed E-state index contributed by atoms with van der Waals surface area (Å²) >= 11 is 0. The maximum absolute atomic E-state index is 10.8. The van der Waals surface area contributed by atoms with Crippen molar-refractivity contribution in [1.29, 1.82) is 0 Å². The second kappa shape index (κ2) is 7.85. The Morgan fingerprint density at radius 2 is 1.54 bits per heavy atom. The van der Waals surface area contributed by atoms with Crippen LogP contribution in [0.2, 0.25) is 0 Å². The van der Waals surface area contributed by atoms with E-state index in [1.807, 2.05) is 32.0 Å². The fraction of sp³-hybridized carbons (Fsp3) is 0.455. The van der Waals surface area contributed by atoms with E-state index in [-0.39, 0.29) is 5.75 Å². The van der Waals surface area contributed by atoms with Gasteiger partial charge in [-0.25, -0.2) is 0 Å². The first-order valence-electron chi connectivity index (χ1n) is 9.17. The van der Waals surface area contributed by atoms with Crippen LogP contribution in [0.25, 0.3) is 11.1 Å². The zero-order chi connectivity index (χ0) is 17.7. The molecule has 0 radical (unpaired) electrons. The highest BCUT2D eigenvalue weighted by molar-refractivity contribution is 5.73. The summed E-state index contributed by atoms with van der Waals surface area (Å²) in [5.74, 6) is 0.194. The Morgan fingerprint density at radius 3 is 2.12 bits per heavy atom. The van der Waals surface area contributed by atoms with E-state index < -0.39 is 5.60 Å². The molecule has 24 heavy (non-hydrogen) atoms. The Bertz CT molecular complexity index is 684. The zero-order valence-corrected chi connectivity index (χ0v) is 15.4. The summed E-state index contributed by atoms with van der Waals surface area (Å²) < 4.78 is 0. The first-order valence-corrected chi connectivity index (χ1v) is 9.17. The molecule has 2 heteroatoms. The molecule has 2 aromatic rings. The molecule has 0 amide bonds. The van der Waals surface area contributed by atoms with Crippen LogP contribution in [-0.2, 0) is 18.4 Å². The number of phenolic OH excluding ortho intramolecular Hbond substituents is 1. The molecule has 0 saturated heterocycles. The molecule has 0 aromatic heterocycles. The number of benzene rings is 2. The fourth-order valence-corrected chi connectivity index (χ4v) is 3.45. The lowest BCUT2D eigenvalue weighted by atomic mass is 9.83. The second-order valence-electron chi connectivity index (χ2n) is 6.53. The van der Waals surface area contributed by atoms with Gasteiger partial charge in [0.1, 0.15) is 5.75 Å². The van der Waals surface area contributed by atoms with Crippen molar-refractivity contribution in [2.75, 3.05) is 0 Å². The minimum Gasteiger partial charge on any atom is -0.508 e. The summed E-state index contributed by atoms with van der Waals surface area (Å²) in [4.78, 5) is 0. The van der Waals surface area contributed by atoms with Gasteiger partial charge in [-0.3, -0.25) is 0 Å². The van der Waals surface area contributed by atoms with Crippen LogP contribution in [0.5, 0.6) is 5.75 Å². The van der Waals surface area contributed by atoms with Crippen LogP contribution >= 0.6 is 0 Å². The average molecular weight is 326 g/mol. The fourth-order valence-electron chi connectivity index (χ4n) is 3.45. The molecule has 0 unspecified atom stereocenters. The number of hydrogen-bond donors (Lipinski definition) is 2. The van der Waals surface area contributed by atoms with Gasteiger partial charge in [-0.05, 0) is 60.1 Å². The number of phenols is 1. The summed E-state index contributed by atoms with van der Waals surface area (Å²) in [7, 11) is 0. The van der Waals surface area contributed by atoms with Crippen LogP contribution < -0.4 is 0 Å². The molecule has 0 aliphatic heterocycles. The van der Waals surface area contributed by atoms with E-state index in [0.29, 0.717) is 18.4 Å². The molecule has 0 aliphatic carbocycles. The summed E-state index contributed by atoms with van der Waals surface area (Å²) in [6.07, 6.45) is 4.16. The highest BCUT2D eigenvalue weighted by Crippen LogP contribution is 2.40. The number of aromatic hydroxyl groups is 1. The van der Waals surface area contributed by atoms with E-state index in [1.54, 1.807) is 0 Å². The minimum absolute atomic E-state index is 0.194. The van der Waals surface area contributed by atoms with Crippen molar-refractivity contribution in [1.82, 2.24) is 0 Å². The number of rotatable bonds is 7. The molecule has 0 bridgehead atoms. The lowest BCUT2D eigenvalue weighted by Gasteiger charge is -2.28. The predicted molar refractivity (Wildman–Crippen MR) is 101 cm³/mol. The molecule has 0 spiro atoms. The quantitative estimate of drug-likeness (QED) is 0.697. The third kappa shape index (κ3) is 3.49. The zero-order valence-electron chi connectivity index (χ0n) is 15.4. The van der Waals surface area contributed by atoms with Crippen molar-refractivity contribution in [3.05, 3.63) is 53.1 Å². The van der Waals surface area contributed by atoms with Crippen LogP contribution in [0.3, 0.4) is 0 Å². The van der Waals surface area contributed by atoms with Crippen molar-refractivity contribution in [3.63, 3.8) is 0 Å². The summed E-state index contributed by atoms with van der Waals surface area (Å²) in [6.45, 7) is 8.22. The van der Waals surface area contributed by atoms with Crippen molar-refractivity contribution in [2.24, 2.45) is 0 Å². The van der Waals surface area contributed by atoms with Crippen molar-refractivity contribution in [2.45, 2.75) is 65.4 Å². The number of aliphatic hydroxyl groups is 1. The van der Waals surface area contributed by atoms with Gasteiger partial charge < -0.3 is 10.2 Å². The molecule has 2 aromatic carbocycles. The van der Waals surface area contributed by atoms with Gasteiger partial charge in [0.05, 0.1) is 5.60 Å². The van der Waals surface area contributed by atoms with Gasteiger partial charge in [0.2, 0.25) is 0 Å². The Labute approximate surface area is 146 Å². The van der Waals surface area contributed by atoms with Gasteiger partial charge in [0, 0.05) is 5.56 Å². The van der Waals surface area contributed by atoms with E-state index in [4.69, 9.17) is 0 Å². The molecule has 0 heterocycles. The smallest absolute Gasteiger partial charge is 0.122 e. The van der Waals surface area contributed by atoms with Crippen LogP contribution in [0, 0.1) is 0 Å². The SMILES string of the molecule is CCCc1ccccc1-c1cc(O)c(C(O)(CC)CC)cc1CC. The van der Waals surface area contributed by atoms with Gasteiger partial charge in [-0.2, -0.15) is 0 Å². The van der Waals surface area contributed by atoms with E-state index in [0.717, 1.165) is 24.8 Å². The first-order chi connectivity index (χ1) is 11.5. The third-order valence-electron chi connectivity index (χ3n) is 5.10. The van der Waals surface area contributed by atoms with Crippen LogP contribution in [-0.4, -0.2) is 10.2 Å². The van der Waals surface area contributed by atoms with E-state index in [1.165, 1.54) is 16.7 Å². The van der Waals surface area contributed by atoms with Gasteiger partial charge in [-0.1, -0.05) is 58.4 Å². The third-order valence-corrected chi connectivity index (χ3v) is 5.10. The molecule has 130 valence electrons. The normalized spacial score (nSPS) is 11.7. The van der Waals surface area contributed by atoms with E-state index in [9.17, 15) is 10.2 Å². The van der Waals surface area contributed by atoms with Crippen molar-refractivity contribution < 1.29 is 10.2 Å². The van der Waals surface area contributed by atoms with E-state index in [2.05, 4.69) is 32.0 Å².